The van der Waals surface area contributed by atoms with Crippen molar-refractivity contribution >= 4 is 28.6 Å². The zero-order chi connectivity index (χ0) is 23.6. The summed E-state index contributed by atoms with van der Waals surface area (Å²) in [5, 5.41) is 20.1. The van der Waals surface area contributed by atoms with E-state index in [4.69, 9.17) is 14.0 Å². The van der Waals surface area contributed by atoms with Crippen LogP contribution in [-0.4, -0.2) is 34.2 Å². The predicted molar refractivity (Wildman–Crippen MR) is 124 cm³/mol. The Balaban J connectivity index is 1.64. The molecule has 0 spiro atoms. The number of thiophene rings is 1. The minimum absolute atomic E-state index is 0.0673. The Morgan fingerprint density at radius 2 is 1.94 bits per heavy atom. The number of hydrogen-bond donors (Lipinski definition) is 1. The lowest BCUT2D eigenvalue weighted by Gasteiger charge is -2.14. The Bertz CT molecular complexity index is 1070. The standard InChI is InChI=1S/C22H26N4O6S/c1-3-10-30-17-13-15(16(26(28)29)14-18(17)31-11-4-2)23-20(27)8-5-9-21-24-22(25-32-21)19-7-6-12-33-19/h6-7,12-14H,3-5,8-11H2,1-2H3,(H,23,27). The highest BCUT2D eigenvalue weighted by Crippen LogP contribution is 2.38. The van der Waals surface area contributed by atoms with E-state index >= 15 is 0 Å². The highest BCUT2D eigenvalue weighted by atomic mass is 32.1. The van der Waals surface area contributed by atoms with Crippen molar-refractivity contribution in [3.8, 4) is 22.2 Å². The topological polar surface area (TPSA) is 130 Å². The average molecular weight is 475 g/mol. The number of ether oxygens (including phenoxy) is 2. The van der Waals surface area contributed by atoms with Gasteiger partial charge in [0, 0.05) is 18.9 Å². The van der Waals surface area contributed by atoms with Crippen molar-refractivity contribution in [3.63, 3.8) is 0 Å². The Kier molecular flexibility index (Phi) is 8.76. The first kappa shape index (κ1) is 24.2. The van der Waals surface area contributed by atoms with E-state index in [1.54, 1.807) is 0 Å². The third kappa shape index (κ3) is 6.75. The quantitative estimate of drug-likeness (QED) is 0.263. The largest absolute Gasteiger partial charge is 0.490 e. The van der Waals surface area contributed by atoms with E-state index in [0.29, 0.717) is 43.5 Å². The summed E-state index contributed by atoms with van der Waals surface area (Å²) >= 11 is 1.51. The van der Waals surface area contributed by atoms with Crippen molar-refractivity contribution < 1.29 is 23.7 Å². The van der Waals surface area contributed by atoms with Crippen LogP contribution >= 0.6 is 11.3 Å². The normalized spacial score (nSPS) is 10.7. The number of benzene rings is 1. The van der Waals surface area contributed by atoms with Crippen molar-refractivity contribution in [2.45, 2.75) is 46.0 Å². The van der Waals surface area contributed by atoms with E-state index in [1.807, 2.05) is 31.4 Å². The SMILES string of the molecule is CCCOc1cc(NC(=O)CCCc2nc(-c3cccs3)no2)c([N+](=O)[O-])cc1OCCC. The van der Waals surface area contributed by atoms with E-state index in [-0.39, 0.29) is 29.5 Å². The smallest absolute Gasteiger partial charge is 0.296 e. The zero-order valence-electron chi connectivity index (χ0n) is 18.5. The molecule has 0 aliphatic heterocycles. The molecule has 10 nitrogen and oxygen atoms in total. The van der Waals surface area contributed by atoms with Gasteiger partial charge in [-0.3, -0.25) is 14.9 Å². The monoisotopic (exact) mass is 474 g/mol. The Labute approximate surface area is 195 Å². The number of rotatable bonds is 13. The minimum Gasteiger partial charge on any atom is -0.490 e. The van der Waals surface area contributed by atoms with Crippen molar-refractivity contribution in [1.82, 2.24) is 10.1 Å². The number of amides is 1. The number of nitro groups is 1. The van der Waals surface area contributed by atoms with Crippen LogP contribution in [0.1, 0.15) is 45.4 Å². The van der Waals surface area contributed by atoms with Gasteiger partial charge >= 0.3 is 0 Å². The molecular formula is C22H26N4O6S. The summed E-state index contributed by atoms with van der Waals surface area (Å²) in [5.74, 6) is 1.24. The molecule has 0 saturated heterocycles. The highest BCUT2D eigenvalue weighted by Gasteiger charge is 2.22. The third-order valence-electron chi connectivity index (χ3n) is 4.46. The lowest BCUT2D eigenvalue weighted by molar-refractivity contribution is -0.384. The molecule has 1 aromatic carbocycles. The lowest BCUT2D eigenvalue weighted by atomic mass is 10.2. The molecule has 176 valence electrons. The number of carbonyl (C=O) groups is 1. The maximum absolute atomic E-state index is 12.5. The van der Waals surface area contributed by atoms with Crippen LogP contribution in [0.4, 0.5) is 11.4 Å². The molecule has 33 heavy (non-hydrogen) atoms. The average Bonchev–Trinajstić information content (AvgIpc) is 3.48. The van der Waals surface area contributed by atoms with Gasteiger partial charge in [-0.1, -0.05) is 25.1 Å². The van der Waals surface area contributed by atoms with Crippen molar-refractivity contribution in [2.75, 3.05) is 18.5 Å². The fourth-order valence-electron chi connectivity index (χ4n) is 2.93. The summed E-state index contributed by atoms with van der Waals surface area (Å²) < 4.78 is 16.5. The van der Waals surface area contributed by atoms with Gasteiger partial charge in [-0.2, -0.15) is 4.98 Å². The maximum atomic E-state index is 12.5. The van der Waals surface area contributed by atoms with Crippen molar-refractivity contribution in [1.29, 1.82) is 0 Å². The molecule has 0 unspecified atom stereocenters. The zero-order valence-corrected chi connectivity index (χ0v) is 19.4. The first-order valence-electron chi connectivity index (χ1n) is 10.8. The van der Waals surface area contributed by atoms with Crippen LogP contribution in [0.5, 0.6) is 11.5 Å². The van der Waals surface area contributed by atoms with Crippen molar-refractivity contribution in [2.24, 2.45) is 0 Å². The van der Waals surface area contributed by atoms with Gasteiger partial charge in [0.2, 0.25) is 17.6 Å². The molecule has 0 aliphatic rings. The van der Waals surface area contributed by atoms with Crippen molar-refractivity contribution in [3.05, 3.63) is 45.7 Å². The number of anilines is 1. The highest BCUT2D eigenvalue weighted by molar-refractivity contribution is 7.13. The van der Waals surface area contributed by atoms with Gasteiger partial charge < -0.3 is 19.3 Å². The second-order valence-corrected chi connectivity index (χ2v) is 8.11. The van der Waals surface area contributed by atoms with E-state index < -0.39 is 4.92 Å². The van der Waals surface area contributed by atoms with Crippen LogP contribution in [0.2, 0.25) is 0 Å². The van der Waals surface area contributed by atoms with Gasteiger partial charge in [-0.15, -0.1) is 11.3 Å². The molecule has 0 bridgehead atoms. The number of carbonyl (C=O) groups excluding carboxylic acids is 1. The molecule has 3 rings (SSSR count). The number of nitro benzene ring substituents is 1. The van der Waals surface area contributed by atoms with E-state index in [1.165, 1.54) is 23.5 Å². The Morgan fingerprint density at radius 1 is 1.21 bits per heavy atom. The van der Waals surface area contributed by atoms with Crippen LogP contribution in [0.25, 0.3) is 10.7 Å². The van der Waals surface area contributed by atoms with Crippen LogP contribution < -0.4 is 14.8 Å². The summed E-state index contributed by atoms with van der Waals surface area (Å²) in [6.45, 7) is 4.71. The van der Waals surface area contributed by atoms with Gasteiger partial charge in [-0.25, -0.2) is 0 Å². The molecule has 0 atom stereocenters. The molecule has 2 heterocycles. The van der Waals surface area contributed by atoms with Crippen LogP contribution in [-0.2, 0) is 11.2 Å². The minimum atomic E-state index is -0.553. The molecule has 0 saturated carbocycles. The van der Waals surface area contributed by atoms with Gasteiger partial charge in [0.1, 0.15) is 5.69 Å². The molecular weight excluding hydrogens is 448 g/mol. The Hall–Kier alpha value is -3.47. The van der Waals surface area contributed by atoms with Gasteiger partial charge in [0.05, 0.1) is 29.1 Å². The molecule has 1 amide bonds. The summed E-state index contributed by atoms with van der Waals surface area (Å²) in [6.07, 6.45) is 2.50. The second kappa shape index (κ2) is 12.0. The summed E-state index contributed by atoms with van der Waals surface area (Å²) in [7, 11) is 0. The van der Waals surface area contributed by atoms with E-state index in [2.05, 4.69) is 15.5 Å². The molecule has 0 aliphatic carbocycles. The van der Waals surface area contributed by atoms with Gasteiger partial charge in [-0.05, 0) is 30.7 Å². The molecule has 11 heteroatoms. The van der Waals surface area contributed by atoms with Crippen LogP contribution in [0.3, 0.4) is 0 Å². The van der Waals surface area contributed by atoms with Gasteiger partial charge in [0.15, 0.2) is 11.5 Å². The summed E-state index contributed by atoms with van der Waals surface area (Å²) in [6, 6.07) is 6.54. The first-order chi connectivity index (χ1) is 16.0. The second-order valence-electron chi connectivity index (χ2n) is 7.16. The molecule has 0 fully saturated rings. The fraction of sp³-hybridized carbons (Fsp3) is 0.409. The first-order valence-corrected chi connectivity index (χ1v) is 11.6. The van der Waals surface area contributed by atoms with E-state index in [0.717, 1.165) is 17.7 Å². The number of nitrogens with zero attached hydrogens (tertiary/aromatic N) is 3. The lowest BCUT2D eigenvalue weighted by Crippen LogP contribution is -2.13. The Morgan fingerprint density at radius 3 is 2.58 bits per heavy atom. The van der Waals surface area contributed by atoms with E-state index in [9.17, 15) is 14.9 Å². The fourth-order valence-corrected chi connectivity index (χ4v) is 3.57. The van der Waals surface area contributed by atoms with Gasteiger partial charge in [0.25, 0.3) is 5.69 Å². The van der Waals surface area contributed by atoms with Crippen LogP contribution in [0, 0.1) is 10.1 Å². The number of aromatic nitrogens is 2. The predicted octanol–water partition coefficient (Wildman–Crippen LogP) is 5.25. The number of nitrogens with one attached hydrogen (secondary N) is 1. The number of aryl methyl sites for hydroxylation is 1. The number of hydrogen-bond acceptors (Lipinski definition) is 9. The molecule has 2 aromatic heterocycles. The third-order valence-corrected chi connectivity index (χ3v) is 5.33. The molecule has 3 aromatic rings. The molecule has 0 radical (unpaired) electrons. The molecule has 1 N–H and O–H groups in total. The maximum Gasteiger partial charge on any atom is 0.296 e. The summed E-state index contributed by atoms with van der Waals surface area (Å²) in [5.41, 5.74) is -0.187. The van der Waals surface area contributed by atoms with Crippen LogP contribution in [0.15, 0.2) is 34.2 Å². The summed E-state index contributed by atoms with van der Waals surface area (Å²) in [4.78, 5) is 28.7.